The molecule has 2 aromatic heterocycles. The van der Waals surface area contributed by atoms with Gasteiger partial charge in [0.25, 0.3) is 0 Å². The fraction of sp³-hybridized carbons (Fsp3) is 0. The first-order chi connectivity index (χ1) is 12.4. The van der Waals surface area contributed by atoms with E-state index in [-0.39, 0.29) is 0 Å². The number of nitrogens with one attached hydrogen (secondary N) is 1. The number of aromatic nitrogens is 3. The molecule has 2 aromatic carbocycles. The average molecular weight is 329 g/mol. The smallest absolute Gasteiger partial charge is 0.149 e. The summed E-state index contributed by atoms with van der Waals surface area (Å²) in [6, 6.07) is 20.7. The molecule has 0 fully saturated rings. The van der Waals surface area contributed by atoms with Crippen molar-refractivity contribution in [2.45, 2.75) is 0 Å². The first-order valence-corrected chi connectivity index (χ1v) is 7.83. The van der Waals surface area contributed by atoms with Gasteiger partial charge in [-0.3, -0.25) is 0 Å². The fourth-order valence-corrected chi connectivity index (χ4v) is 2.46. The zero-order chi connectivity index (χ0) is 16.9. The highest BCUT2D eigenvalue weighted by molar-refractivity contribution is 5.94. The lowest BCUT2D eigenvalue weighted by molar-refractivity contribution is 0.603. The van der Waals surface area contributed by atoms with Gasteiger partial charge in [-0.05, 0) is 42.5 Å². The van der Waals surface area contributed by atoms with Crippen molar-refractivity contribution in [2.75, 3.05) is 0 Å². The summed E-state index contributed by atoms with van der Waals surface area (Å²) in [5, 5.41) is 0.865. The predicted molar refractivity (Wildman–Crippen MR) is 97.5 cm³/mol. The Balaban J connectivity index is 2.18. The zero-order valence-corrected chi connectivity index (χ0v) is 13.3. The summed E-state index contributed by atoms with van der Waals surface area (Å²) < 4.78 is 11.4. The molecule has 4 aromatic rings. The third-order valence-electron chi connectivity index (χ3n) is 3.64. The number of hydrogen-bond acceptors (Lipinski definition) is 4. The van der Waals surface area contributed by atoms with E-state index < -0.39 is 0 Å². The predicted octanol–water partition coefficient (Wildman–Crippen LogP) is 5.26. The number of benzene rings is 2. The maximum Gasteiger partial charge on any atom is 0.149 e. The Bertz CT molecular complexity index is 1170. The second-order valence-electron chi connectivity index (χ2n) is 5.30. The molecule has 5 nitrogen and oxygen atoms in total. The standard InChI is InChI=1S/C20H15N3O2/c1-2-6-12-25-19-8-4-3-7-18(19)23-20-16-13-15(24-11-5-1)9-10-17(16)21-14-22-20/h1-14H,(H,21,22,23). The molecule has 2 bridgehead atoms. The van der Waals surface area contributed by atoms with Crippen LogP contribution in [-0.4, -0.2) is 15.0 Å². The van der Waals surface area contributed by atoms with Gasteiger partial charge in [0.2, 0.25) is 0 Å². The molecule has 0 radical (unpaired) electrons. The highest BCUT2D eigenvalue weighted by atomic mass is 16.3. The number of fused-ring (bicyclic) bond motifs is 2. The van der Waals surface area contributed by atoms with Crippen LogP contribution < -0.4 is 0 Å². The minimum atomic E-state index is 0.687. The van der Waals surface area contributed by atoms with Crippen molar-refractivity contribution >= 4 is 33.2 Å². The molecule has 122 valence electrons. The number of nitrogens with zero attached hydrogens (tertiary/aromatic N) is 2. The van der Waals surface area contributed by atoms with Crippen LogP contribution in [0, 0.1) is 0 Å². The van der Waals surface area contributed by atoms with Gasteiger partial charge in [0.1, 0.15) is 23.1 Å². The minimum Gasteiger partial charge on any atom is -0.465 e. The summed E-state index contributed by atoms with van der Waals surface area (Å²) >= 11 is 0. The van der Waals surface area contributed by atoms with E-state index in [4.69, 9.17) is 8.83 Å². The van der Waals surface area contributed by atoms with Crippen LogP contribution in [0.25, 0.3) is 33.2 Å². The van der Waals surface area contributed by atoms with Gasteiger partial charge in [-0.25, -0.2) is 9.97 Å². The molecular weight excluding hydrogens is 314 g/mol. The molecule has 0 amide bonds. The Labute approximate surface area is 143 Å². The monoisotopic (exact) mass is 329 g/mol. The van der Waals surface area contributed by atoms with Crippen LogP contribution in [0.15, 0.2) is 94.4 Å². The van der Waals surface area contributed by atoms with Crippen molar-refractivity contribution in [1.82, 2.24) is 15.0 Å². The molecule has 0 saturated carbocycles. The summed E-state index contributed by atoms with van der Waals surface area (Å²) in [4.78, 5) is 12.0. The summed E-state index contributed by atoms with van der Waals surface area (Å²) in [5.74, 6) is 0. The van der Waals surface area contributed by atoms with Gasteiger partial charge in [-0.15, -0.1) is 0 Å². The normalized spacial score (nSPS) is 10.4. The highest BCUT2D eigenvalue weighted by Crippen LogP contribution is 2.17. The van der Waals surface area contributed by atoms with Crippen molar-refractivity contribution in [3.05, 3.63) is 85.6 Å². The topological polar surface area (TPSA) is 67.8 Å². The van der Waals surface area contributed by atoms with Gasteiger partial charge >= 0.3 is 0 Å². The Morgan fingerprint density at radius 2 is 1.60 bits per heavy atom. The van der Waals surface area contributed by atoms with E-state index in [1.165, 1.54) is 6.33 Å². The maximum absolute atomic E-state index is 5.72. The zero-order valence-electron chi connectivity index (χ0n) is 13.3. The van der Waals surface area contributed by atoms with E-state index in [1.807, 2.05) is 66.7 Å². The number of para-hydroxylation sites is 2. The third kappa shape index (κ3) is 3.35. The summed E-state index contributed by atoms with van der Waals surface area (Å²) in [6.07, 6.45) is 4.78. The first-order valence-electron chi connectivity index (χ1n) is 7.83. The van der Waals surface area contributed by atoms with Crippen molar-refractivity contribution in [3.63, 3.8) is 0 Å². The number of hydrogen-bond donors (Lipinski definition) is 1. The van der Waals surface area contributed by atoms with E-state index in [2.05, 4.69) is 15.0 Å². The summed E-state index contributed by atoms with van der Waals surface area (Å²) in [5.41, 5.74) is 3.75. The lowest BCUT2D eigenvalue weighted by Gasteiger charge is -1.99. The summed E-state index contributed by atoms with van der Waals surface area (Å²) in [7, 11) is 0. The molecule has 0 spiro atoms. The Morgan fingerprint density at radius 1 is 0.760 bits per heavy atom. The molecule has 0 unspecified atom stereocenters. The molecule has 5 heteroatoms. The molecular formula is C20H15N3O2. The molecule has 0 aliphatic carbocycles. The number of aromatic amines is 1. The van der Waals surface area contributed by atoms with Crippen molar-refractivity contribution in [1.29, 1.82) is 0 Å². The van der Waals surface area contributed by atoms with E-state index in [9.17, 15) is 0 Å². The maximum atomic E-state index is 5.72. The van der Waals surface area contributed by atoms with Crippen LogP contribution in [0.1, 0.15) is 0 Å². The van der Waals surface area contributed by atoms with Gasteiger partial charge in [-0.1, -0.05) is 24.3 Å². The minimum absolute atomic E-state index is 0.687. The van der Waals surface area contributed by atoms with Gasteiger partial charge in [0.05, 0.1) is 23.6 Å². The quantitative estimate of drug-likeness (QED) is 0.478. The van der Waals surface area contributed by atoms with Crippen molar-refractivity contribution < 1.29 is 8.83 Å². The molecule has 0 aliphatic rings. The van der Waals surface area contributed by atoms with Crippen LogP contribution in [0.4, 0.5) is 0 Å². The lowest BCUT2D eigenvalue weighted by atomic mass is 10.2. The average Bonchev–Trinajstić information content (AvgIpc) is 2.65. The first kappa shape index (κ1) is 15.0. The Hall–Kier alpha value is -3.60. The van der Waals surface area contributed by atoms with Gasteiger partial charge in [0.15, 0.2) is 0 Å². The lowest BCUT2D eigenvalue weighted by Crippen LogP contribution is -1.86. The molecule has 1 N–H and O–H groups in total. The SMILES string of the molecule is c1cccoc2ccccc2[nH]c2ncnc3ccc(cc32)occ1. The Kier molecular flexibility index (Phi) is 4.12. The van der Waals surface area contributed by atoms with Crippen molar-refractivity contribution in [3.8, 4) is 0 Å². The van der Waals surface area contributed by atoms with Crippen LogP contribution in [-0.2, 0) is 0 Å². The number of rotatable bonds is 0. The van der Waals surface area contributed by atoms with E-state index in [0.717, 1.165) is 16.4 Å². The third-order valence-corrected chi connectivity index (χ3v) is 3.64. The second kappa shape index (κ2) is 6.88. The van der Waals surface area contributed by atoms with Crippen LogP contribution in [0.3, 0.4) is 0 Å². The van der Waals surface area contributed by atoms with Crippen LogP contribution in [0.2, 0.25) is 0 Å². The molecule has 2 heterocycles. The Morgan fingerprint density at radius 3 is 2.52 bits per heavy atom. The van der Waals surface area contributed by atoms with E-state index in [1.54, 1.807) is 12.5 Å². The van der Waals surface area contributed by atoms with Crippen LogP contribution >= 0.6 is 0 Å². The van der Waals surface area contributed by atoms with Crippen molar-refractivity contribution in [2.24, 2.45) is 0 Å². The van der Waals surface area contributed by atoms with Gasteiger partial charge < -0.3 is 13.8 Å². The number of H-pyrrole nitrogens is 1. The molecule has 0 saturated heterocycles. The molecule has 4 rings (SSSR count). The second-order valence-corrected chi connectivity index (χ2v) is 5.30. The molecule has 25 heavy (non-hydrogen) atoms. The largest absolute Gasteiger partial charge is 0.465 e. The van der Waals surface area contributed by atoms with Crippen LogP contribution in [0.5, 0.6) is 0 Å². The van der Waals surface area contributed by atoms with Gasteiger partial charge in [-0.2, -0.15) is 0 Å². The van der Waals surface area contributed by atoms with E-state index >= 15 is 0 Å². The summed E-state index contributed by atoms with van der Waals surface area (Å²) in [6.45, 7) is 0. The van der Waals surface area contributed by atoms with E-state index in [0.29, 0.717) is 16.8 Å². The fourth-order valence-electron chi connectivity index (χ4n) is 2.46. The molecule has 0 aliphatic heterocycles. The highest BCUT2D eigenvalue weighted by Gasteiger charge is 2.00. The van der Waals surface area contributed by atoms with Gasteiger partial charge in [0, 0.05) is 5.39 Å². The molecule has 0 atom stereocenters.